The SMILES string of the molecule is COCCCN1C(=O)C(=O)/C(=C(\O)c2ccc(OC)c(Cl)c2)C1c1ccccc1. The molecule has 7 heteroatoms. The molecule has 29 heavy (non-hydrogen) atoms. The van der Waals surface area contributed by atoms with E-state index in [1.165, 1.54) is 18.1 Å². The van der Waals surface area contributed by atoms with E-state index in [9.17, 15) is 14.7 Å². The van der Waals surface area contributed by atoms with Crippen molar-refractivity contribution in [3.8, 4) is 5.75 Å². The number of carbonyl (C=O) groups is 2. The van der Waals surface area contributed by atoms with Crippen LogP contribution < -0.4 is 4.74 Å². The number of aliphatic hydroxyl groups is 1. The second kappa shape index (κ2) is 9.11. The van der Waals surface area contributed by atoms with Crippen molar-refractivity contribution in [1.29, 1.82) is 0 Å². The molecular formula is C22H22ClNO5. The lowest BCUT2D eigenvalue weighted by Gasteiger charge is -2.25. The molecule has 0 saturated carbocycles. The molecule has 1 amide bonds. The number of carbonyl (C=O) groups excluding carboxylic acids is 2. The van der Waals surface area contributed by atoms with Crippen LogP contribution in [0.4, 0.5) is 0 Å². The Morgan fingerprint density at radius 1 is 1.14 bits per heavy atom. The number of halogens is 1. The van der Waals surface area contributed by atoms with Gasteiger partial charge >= 0.3 is 0 Å². The van der Waals surface area contributed by atoms with Gasteiger partial charge in [0.25, 0.3) is 11.7 Å². The lowest BCUT2D eigenvalue weighted by molar-refractivity contribution is -0.140. The number of hydrogen-bond donors (Lipinski definition) is 1. The van der Waals surface area contributed by atoms with Gasteiger partial charge in [0.2, 0.25) is 0 Å². The molecule has 0 aromatic heterocycles. The van der Waals surface area contributed by atoms with Crippen molar-refractivity contribution >= 4 is 29.1 Å². The fraction of sp³-hybridized carbons (Fsp3) is 0.273. The third-order valence-corrected chi connectivity index (χ3v) is 5.12. The van der Waals surface area contributed by atoms with Gasteiger partial charge < -0.3 is 19.5 Å². The number of methoxy groups -OCH3 is 2. The summed E-state index contributed by atoms with van der Waals surface area (Å²) in [5, 5.41) is 11.3. The minimum absolute atomic E-state index is 0.0415. The summed E-state index contributed by atoms with van der Waals surface area (Å²) in [7, 11) is 3.07. The molecule has 152 valence electrons. The Hall–Kier alpha value is -2.83. The highest BCUT2D eigenvalue weighted by Gasteiger charge is 2.45. The van der Waals surface area contributed by atoms with E-state index in [-0.39, 0.29) is 11.3 Å². The van der Waals surface area contributed by atoms with Gasteiger partial charge in [-0.2, -0.15) is 0 Å². The Morgan fingerprint density at radius 2 is 1.86 bits per heavy atom. The van der Waals surface area contributed by atoms with Crippen LogP contribution in [0.1, 0.15) is 23.6 Å². The molecule has 1 fully saturated rings. The Morgan fingerprint density at radius 3 is 2.48 bits per heavy atom. The highest BCUT2D eigenvalue weighted by atomic mass is 35.5. The van der Waals surface area contributed by atoms with Crippen molar-refractivity contribution in [2.75, 3.05) is 27.4 Å². The zero-order valence-electron chi connectivity index (χ0n) is 16.2. The standard InChI is InChI=1S/C22H22ClNO5/c1-28-12-6-11-24-19(14-7-4-3-5-8-14)18(21(26)22(24)27)20(25)15-9-10-17(29-2)16(23)13-15/h3-5,7-10,13,19,25H,6,11-12H2,1-2H3/b20-18-. The van der Waals surface area contributed by atoms with Crippen LogP contribution in [0.15, 0.2) is 54.1 Å². The van der Waals surface area contributed by atoms with Crippen LogP contribution >= 0.6 is 11.6 Å². The molecule has 1 unspecified atom stereocenters. The molecule has 0 spiro atoms. The number of Topliss-reactive ketones (excluding diaryl/α,β-unsaturated/α-hetero) is 1. The van der Waals surface area contributed by atoms with Gasteiger partial charge in [-0.05, 0) is 30.2 Å². The highest BCUT2D eigenvalue weighted by Crippen LogP contribution is 2.40. The summed E-state index contributed by atoms with van der Waals surface area (Å²) in [5.74, 6) is -1.18. The molecule has 1 aliphatic rings. The second-order valence-electron chi connectivity index (χ2n) is 6.60. The van der Waals surface area contributed by atoms with E-state index in [1.807, 2.05) is 30.3 Å². The number of likely N-dealkylation sites (tertiary alicyclic amines) is 1. The molecule has 1 heterocycles. The first-order valence-corrected chi connectivity index (χ1v) is 9.53. The largest absolute Gasteiger partial charge is 0.507 e. The van der Waals surface area contributed by atoms with E-state index >= 15 is 0 Å². The minimum Gasteiger partial charge on any atom is -0.507 e. The number of ether oxygens (including phenoxy) is 2. The Bertz CT molecular complexity index is 941. The van der Waals surface area contributed by atoms with Gasteiger partial charge in [-0.25, -0.2) is 0 Å². The van der Waals surface area contributed by atoms with Crippen molar-refractivity contribution in [3.05, 3.63) is 70.3 Å². The summed E-state index contributed by atoms with van der Waals surface area (Å²) in [4.78, 5) is 27.1. The van der Waals surface area contributed by atoms with Gasteiger partial charge in [-0.15, -0.1) is 0 Å². The third kappa shape index (κ3) is 4.13. The van der Waals surface area contributed by atoms with Crippen LogP contribution in [0, 0.1) is 0 Å². The van der Waals surface area contributed by atoms with Crippen LogP contribution in [0.5, 0.6) is 5.75 Å². The van der Waals surface area contributed by atoms with Crippen LogP contribution in [0.2, 0.25) is 5.02 Å². The van der Waals surface area contributed by atoms with Crippen molar-refractivity contribution < 1.29 is 24.2 Å². The van der Waals surface area contributed by atoms with Crippen LogP contribution in [-0.2, 0) is 14.3 Å². The molecule has 3 rings (SSSR count). The predicted molar refractivity (Wildman–Crippen MR) is 110 cm³/mol. The maximum Gasteiger partial charge on any atom is 0.295 e. The van der Waals surface area contributed by atoms with Crippen molar-refractivity contribution in [2.45, 2.75) is 12.5 Å². The molecule has 0 aliphatic carbocycles. The number of nitrogens with zero attached hydrogens (tertiary/aromatic N) is 1. The van der Waals surface area contributed by atoms with Gasteiger partial charge in [0.1, 0.15) is 11.5 Å². The summed E-state index contributed by atoms with van der Waals surface area (Å²) in [6.45, 7) is 0.788. The summed E-state index contributed by atoms with van der Waals surface area (Å²) in [6.07, 6.45) is 0.571. The zero-order valence-corrected chi connectivity index (χ0v) is 17.0. The Balaban J connectivity index is 2.11. The lowest BCUT2D eigenvalue weighted by atomic mass is 9.95. The van der Waals surface area contributed by atoms with E-state index in [1.54, 1.807) is 19.2 Å². The fourth-order valence-electron chi connectivity index (χ4n) is 3.44. The van der Waals surface area contributed by atoms with Gasteiger partial charge in [0.15, 0.2) is 0 Å². The third-order valence-electron chi connectivity index (χ3n) is 4.83. The Kier molecular flexibility index (Phi) is 6.56. The maximum absolute atomic E-state index is 12.9. The Labute approximate surface area is 174 Å². The van der Waals surface area contributed by atoms with Crippen LogP contribution in [-0.4, -0.2) is 49.1 Å². The van der Waals surface area contributed by atoms with Gasteiger partial charge in [-0.1, -0.05) is 41.9 Å². The monoisotopic (exact) mass is 415 g/mol. The molecule has 1 aliphatic heterocycles. The quantitative estimate of drug-likeness (QED) is 0.322. The molecule has 6 nitrogen and oxygen atoms in total. The fourth-order valence-corrected chi connectivity index (χ4v) is 3.70. The minimum atomic E-state index is -0.722. The van der Waals surface area contributed by atoms with Gasteiger partial charge in [-0.3, -0.25) is 9.59 Å². The second-order valence-corrected chi connectivity index (χ2v) is 7.01. The maximum atomic E-state index is 12.9. The van der Waals surface area contributed by atoms with Gasteiger partial charge in [0.05, 0.1) is 23.7 Å². The molecule has 1 atom stereocenters. The smallest absolute Gasteiger partial charge is 0.295 e. The normalized spacial score (nSPS) is 18.3. The molecule has 2 aromatic rings. The predicted octanol–water partition coefficient (Wildman–Crippen LogP) is 3.81. The first kappa shape index (κ1) is 20.9. The van der Waals surface area contributed by atoms with Crippen molar-refractivity contribution in [3.63, 3.8) is 0 Å². The summed E-state index contributed by atoms with van der Waals surface area (Å²) < 4.78 is 10.2. The van der Waals surface area contributed by atoms with E-state index < -0.39 is 17.7 Å². The molecule has 1 N–H and O–H groups in total. The first-order valence-electron chi connectivity index (χ1n) is 9.15. The first-order chi connectivity index (χ1) is 14.0. The van der Waals surface area contributed by atoms with Gasteiger partial charge in [0, 0.05) is 25.8 Å². The average Bonchev–Trinajstić information content (AvgIpc) is 2.99. The number of rotatable bonds is 7. The zero-order chi connectivity index (χ0) is 21.0. The number of benzene rings is 2. The molecule has 2 aromatic carbocycles. The molecular weight excluding hydrogens is 394 g/mol. The van der Waals surface area contributed by atoms with Crippen molar-refractivity contribution in [1.82, 2.24) is 4.90 Å². The van der Waals surface area contributed by atoms with E-state index in [2.05, 4.69) is 0 Å². The number of amides is 1. The summed E-state index contributed by atoms with van der Waals surface area (Å²) in [5.41, 5.74) is 1.12. The highest BCUT2D eigenvalue weighted by molar-refractivity contribution is 6.46. The summed E-state index contributed by atoms with van der Waals surface area (Å²) >= 11 is 6.18. The van der Waals surface area contributed by atoms with E-state index in [0.717, 1.165) is 5.56 Å². The number of ketones is 1. The van der Waals surface area contributed by atoms with Crippen LogP contribution in [0.3, 0.4) is 0 Å². The lowest BCUT2D eigenvalue weighted by Crippen LogP contribution is -2.31. The number of aliphatic hydroxyl groups excluding tert-OH is 1. The topological polar surface area (TPSA) is 76.1 Å². The molecule has 0 radical (unpaired) electrons. The van der Waals surface area contributed by atoms with E-state index in [4.69, 9.17) is 21.1 Å². The summed E-state index contributed by atoms with van der Waals surface area (Å²) in [6, 6.07) is 13.2. The van der Waals surface area contributed by atoms with Crippen LogP contribution in [0.25, 0.3) is 5.76 Å². The molecule has 1 saturated heterocycles. The van der Waals surface area contributed by atoms with Crippen molar-refractivity contribution in [2.24, 2.45) is 0 Å². The van der Waals surface area contributed by atoms with E-state index in [0.29, 0.717) is 35.9 Å². The number of hydrogen-bond acceptors (Lipinski definition) is 5. The molecule has 0 bridgehead atoms. The average molecular weight is 416 g/mol.